The summed E-state index contributed by atoms with van der Waals surface area (Å²) in [6, 6.07) is 13.1. The molecule has 0 aliphatic rings. The van der Waals surface area contributed by atoms with E-state index in [1.807, 2.05) is 0 Å². The second-order valence-electron chi connectivity index (χ2n) is 4.36. The molecule has 0 spiro atoms. The van der Waals surface area contributed by atoms with E-state index in [2.05, 4.69) is 5.32 Å². The average molecular weight is 320 g/mol. The van der Waals surface area contributed by atoms with Crippen LogP contribution in [0.3, 0.4) is 0 Å². The first-order valence-corrected chi connectivity index (χ1v) is 6.83. The lowest BCUT2D eigenvalue weighted by Gasteiger charge is -2.07. The number of esters is 1. The second kappa shape index (κ2) is 7.47. The number of hydrogen-bond acceptors (Lipinski definition) is 4. The van der Waals surface area contributed by atoms with Gasteiger partial charge in [0.2, 0.25) is 0 Å². The van der Waals surface area contributed by atoms with Crippen molar-refractivity contribution in [2.45, 2.75) is 0 Å². The summed E-state index contributed by atoms with van der Waals surface area (Å²) in [6.07, 6.45) is 0. The smallest absolute Gasteiger partial charge is 0.338 e. The summed E-state index contributed by atoms with van der Waals surface area (Å²) in [5.74, 6) is -0.483. The third-order valence-corrected chi connectivity index (χ3v) is 3.02. The Labute approximate surface area is 132 Å². The van der Waals surface area contributed by atoms with Gasteiger partial charge in [0.05, 0.1) is 12.7 Å². The lowest BCUT2D eigenvalue weighted by atomic mass is 10.2. The van der Waals surface area contributed by atoms with Crippen LogP contribution in [0, 0.1) is 0 Å². The van der Waals surface area contributed by atoms with Gasteiger partial charge in [0.25, 0.3) is 5.91 Å². The molecule has 5 nitrogen and oxygen atoms in total. The lowest BCUT2D eigenvalue weighted by molar-refractivity contribution is -0.119. The minimum absolute atomic E-state index is 0.318. The summed E-state index contributed by atoms with van der Waals surface area (Å²) < 4.78 is 9.97. The number of amides is 1. The van der Waals surface area contributed by atoms with Gasteiger partial charge in [-0.05, 0) is 42.5 Å². The highest BCUT2D eigenvalue weighted by Crippen LogP contribution is 2.14. The molecular formula is C16H14ClNO4. The second-order valence-corrected chi connectivity index (χ2v) is 4.80. The fourth-order valence-electron chi connectivity index (χ4n) is 1.69. The molecule has 0 aliphatic carbocycles. The molecule has 0 saturated carbocycles. The number of methoxy groups -OCH3 is 1. The number of anilines is 1. The molecule has 1 N–H and O–H groups in total. The van der Waals surface area contributed by atoms with Crippen molar-refractivity contribution in [3.63, 3.8) is 0 Å². The Morgan fingerprint density at radius 3 is 2.55 bits per heavy atom. The van der Waals surface area contributed by atoms with Crippen LogP contribution in [-0.2, 0) is 9.53 Å². The summed E-state index contributed by atoms with van der Waals surface area (Å²) in [6.45, 7) is -0.376. The van der Waals surface area contributed by atoms with Gasteiger partial charge in [0, 0.05) is 10.7 Å². The number of halogens is 1. The molecule has 1 amide bonds. The summed E-state index contributed by atoms with van der Waals surface area (Å²) in [5, 5.41) is 3.17. The normalized spacial score (nSPS) is 9.91. The highest BCUT2D eigenvalue weighted by atomic mass is 35.5. The van der Waals surface area contributed by atoms with Gasteiger partial charge in [-0.1, -0.05) is 17.7 Å². The molecule has 0 heterocycles. The van der Waals surface area contributed by atoms with E-state index in [9.17, 15) is 9.59 Å². The van der Waals surface area contributed by atoms with E-state index in [0.29, 0.717) is 22.0 Å². The van der Waals surface area contributed by atoms with E-state index in [-0.39, 0.29) is 6.61 Å². The third kappa shape index (κ3) is 4.49. The van der Waals surface area contributed by atoms with Crippen LogP contribution in [0.2, 0.25) is 5.02 Å². The molecule has 2 rings (SSSR count). The zero-order valence-electron chi connectivity index (χ0n) is 11.8. The van der Waals surface area contributed by atoms with E-state index >= 15 is 0 Å². The molecule has 0 saturated heterocycles. The number of hydrogen-bond donors (Lipinski definition) is 1. The van der Waals surface area contributed by atoms with Crippen LogP contribution in [-0.4, -0.2) is 25.6 Å². The van der Waals surface area contributed by atoms with Gasteiger partial charge in [0.15, 0.2) is 6.61 Å². The molecule has 22 heavy (non-hydrogen) atoms. The van der Waals surface area contributed by atoms with Crippen LogP contribution in [0.4, 0.5) is 5.69 Å². The van der Waals surface area contributed by atoms with Gasteiger partial charge >= 0.3 is 5.97 Å². The predicted octanol–water partition coefficient (Wildman–Crippen LogP) is 3.14. The first-order chi connectivity index (χ1) is 10.6. The summed E-state index contributed by atoms with van der Waals surface area (Å²) in [7, 11) is 1.50. The highest BCUT2D eigenvalue weighted by molar-refractivity contribution is 6.30. The Bertz CT molecular complexity index is 670. The van der Waals surface area contributed by atoms with Crippen LogP contribution >= 0.6 is 11.6 Å². The van der Waals surface area contributed by atoms with E-state index in [0.717, 1.165) is 0 Å². The zero-order chi connectivity index (χ0) is 15.9. The SMILES string of the molecule is COc1cccc(C(=O)OCC(=O)Nc2ccc(Cl)cc2)c1. The molecule has 114 valence electrons. The molecule has 0 radical (unpaired) electrons. The van der Waals surface area contributed by atoms with Crippen molar-refractivity contribution in [3.05, 3.63) is 59.1 Å². The molecule has 0 unspecified atom stereocenters. The van der Waals surface area contributed by atoms with E-state index < -0.39 is 11.9 Å². The van der Waals surface area contributed by atoms with Crippen LogP contribution in [0.1, 0.15) is 10.4 Å². The topological polar surface area (TPSA) is 64.6 Å². The molecule has 0 fully saturated rings. The van der Waals surface area contributed by atoms with Gasteiger partial charge < -0.3 is 14.8 Å². The van der Waals surface area contributed by atoms with Gasteiger partial charge in [-0.3, -0.25) is 4.79 Å². The van der Waals surface area contributed by atoms with Crippen molar-refractivity contribution in [3.8, 4) is 5.75 Å². The van der Waals surface area contributed by atoms with Crippen LogP contribution in [0.15, 0.2) is 48.5 Å². The van der Waals surface area contributed by atoms with Crippen molar-refractivity contribution in [1.29, 1.82) is 0 Å². The van der Waals surface area contributed by atoms with Gasteiger partial charge in [0.1, 0.15) is 5.75 Å². The fourth-order valence-corrected chi connectivity index (χ4v) is 1.82. The minimum atomic E-state index is -0.592. The van der Waals surface area contributed by atoms with Crippen molar-refractivity contribution < 1.29 is 19.1 Å². The summed E-state index contributed by atoms with van der Waals surface area (Å²) >= 11 is 5.75. The van der Waals surface area contributed by atoms with E-state index in [1.54, 1.807) is 48.5 Å². The fraction of sp³-hybridized carbons (Fsp3) is 0.125. The number of carbonyl (C=O) groups excluding carboxylic acids is 2. The first-order valence-electron chi connectivity index (χ1n) is 6.45. The quantitative estimate of drug-likeness (QED) is 0.860. The van der Waals surface area contributed by atoms with Crippen molar-refractivity contribution in [2.24, 2.45) is 0 Å². The van der Waals surface area contributed by atoms with E-state index in [1.165, 1.54) is 7.11 Å². The number of rotatable bonds is 5. The Kier molecular flexibility index (Phi) is 5.38. The minimum Gasteiger partial charge on any atom is -0.497 e. The molecular weight excluding hydrogens is 306 g/mol. The Morgan fingerprint density at radius 1 is 1.14 bits per heavy atom. The van der Waals surface area contributed by atoms with E-state index in [4.69, 9.17) is 21.1 Å². The summed E-state index contributed by atoms with van der Waals surface area (Å²) in [4.78, 5) is 23.5. The Balaban J connectivity index is 1.87. The molecule has 0 aromatic heterocycles. The number of benzene rings is 2. The maximum Gasteiger partial charge on any atom is 0.338 e. The summed E-state index contributed by atoms with van der Waals surface area (Å²) in [5.41, 5.74) is 0.894. The first kappa shape index (κ1) is 15.9. The van der Waals surface area contributed by atoms with Gasteiger partial charge in [-0.25, -0.2) is 4.79 Å². The largest absolute Gasteiger partial charge is 0.497 e. The van der Waals surface area contributed by atoms with Crippen molar-refractivity contribution in [2.75, 3.05) is 19.0 Å². The number of ether oxygens (including phenoxy) is 2. The monoisotopic (exact) mass is 319 g/mol. The third-order valence-electron chi connectivity index (χ3n) is 2.77. The molecule has 0 aliphatic heterocycles. The van der Waals surface area contributed by atoms with Crippen LogP contribution in [0.5, 0.6) is 5.75 Å². The Morgan fingerprint density at radius 2 is 1.86 bits per heavy atom. The van der Waals surface area contributed by atoms with Gasteiger partial charge in [-0.2, -0.15) is 0 Å². The van der Waals surface area contributed by atoms with Crippen molar-refractivity contribution in [1.82, 2.24) is 0 Å². The van der Waals surface area contributed by atoms with Gasteiger partial charge in [-0.15, -0.1) is 0 Å². The standard InChI is InChI=1S/C16H14ClNO4/c1-21-14-4-2-3-11(9-14)16(20)22-10-15(19)18-13-7-5-12(17)6-8-13/h2-9H,10H2,1H3,(H,18,19). The molecule has 0 bridgehead atoms. The predicted molar refractivity (Wildman–Crippen MR) is 83.4 cm³/mol. The highest BCUT2D eigenvalue weighted by Gasteiger charge is 2.11. The number of carbonyl (C=O) groups is 2. The van der Waals surface area contributed by atoms with Crippen LogP contribution in [0.25, 0.3) is 0 Å². The maximum atomic E-state index is 11.8. The van der Waals surface area contributed by atoms with Crippen molar-refractivity contribution >= 4 is 29.2 Å². The molecule has 0 atom stereocenters. The number of nitrogens with one attached hydrogen (secondary N) is 1. The average Bonchev–Trinajstić information content (AvgIpc) is 2.55. The van der Waals surface area contributed by atoms with Crippen LogP contribution < -0.4 is 10.1 Å². The zero-order valence-corrected chi connectivity index (χ0v) is 12.6. The molecule has 2 aromatic carbocycles. The lowest BCUT2D eigenvalue weighted by Crippen LogP contribution is -2.20. The maximum absolute atomic E-state index is 11.8. The Hall–Kier alpha value is -2.53. The molecule has 2 aromatic rings. The molecule has 6 heteroatoms.